The number of halogens is 1. The maximum absolute atomic E-state index is 9.67. The van der Waals surface area contributed by atoms with Gasteiger partial charge in [-0.15, -0.1) is 24.0 Å². The summed E-state index contributed by atoms with van der Waals surface area (Å²) < 4.78 is 0. The zero-order valence-corrected chi connectivity index (χ0v) is 15.3. The molecule has 0 aromatic heterocycles. The van der Waals surface area contributed by atoms with Crippen LogP contribution in [-0.4, -0.2) is 72.3 Å². The summed E-state index contributed by atoms with van der Waals surface area (Å²) in [5, 5.41) is 13.0. The van der Waals surface area contributed by atoms with Gasteiger partial charge < -0.3 is 20.2 Å². The molecule has 122 valence electrons. The Morgan fingerprint density at radius 3 is 2.62 bits per heavy atom. The van der Waals surface area contributed by atoms with Crippen LogP contribution in [0.3, 0.4) is 0 Å². The smallest absolute Gasteiger partial charge is 0.194 e. The van der Waals surface area contributed by atoms with Crippen LogP contribution in [0.2, 0.25) is 0 Å². The van der Waals surface area contributed by atoms with Crippen molar-refractivity contribution in [3.05, 3.63) is 0 Å². The average Bonchev–Trinajstić information content (AvgIpc) is 3.03. The second-order valence-corrected chi connectivity index (χ2v) is 6.46. The molecule has 0 amide bonds. The molecule has 5 nitrogen and oxygen atoms in total. The largest absolute Gasteiger partial charge is 0.391 e. The van der Waals surface area contributed by atoms with Gasteiger partial charge in [0.15, 0.2) is 5.96 Å². The van der Waals surface area contributed by atoms with E-state index in [-0.39, 0.29) is 30.1 Å². The third-order valence-corrected chi connectivity index (χ3v) is 4.68. The van der Waals surface area contributed by atoms with Gasteiger partial charge >= 0.3 is 0 Å². The number of nitrogens with one attached hydrogen (secondary N) is 1. The van der Waals surface area contributed by atoms with Crippen LogP contribution >= 0.6 is 24.0 Å². The van der Waals surface area contributed by atoms with Crippen molar-refractivity contribution >= 4 is 29.9 Å². The number of likely N-dealkylation sites (tertiary alicyclic amines) is 2. The van der Waals surface area contributed by atoms with E-state index >= 15 is 0 Å². The molecular formula is C15H29IN4O. The normalized spacial score (nSPS) is 30.6. The van der Waals surface area contributed by atoms with E-state index in [0.29, 0.717) is 0 Å². The monoisotopic (exact) mass is 408 g/mol. The quantitative estimate of drug-likeness (QED) is 0.416. The van der Waals surface area contributed by atoms with E-state index in [9.17, 15) is 5.11 Å². The summed E-state index contributed by atoms with van der Waals surface area (Å²) in [5.41, 5.74) is 0. The van der Waals surface area contributed by atoms with E-state index in [0.717, 1.165) is 50.5 Å². The molecule has 3 rings (SSSR count). The molecule has 21 heavy (non-hydrogen) atoms. The lowest BCUT2D eigenvalue weighted by Crippen LogP contribution is -2.40. The number of guanidine groups is 1. The fourth-order valence-electron chi connectivity index (χ4n) is 3.36. The molecule has 0 radical (unpaired) electrons. The van der Waals surface area contributed by atoms with E-state index < -0.39 is 0 Å². The van der Waals surface area contributed by atoms with Crippen molar-refractivity contribution in [3.8, 4) is 0 Å². The van der Waals surface area contributed by atoms with Crippen molar-refractivity contribution in [3.63, 3.8) is 0 Å². The molecule has 1 saturated carbocycles. The molecule has 3 fully saturated rings. The van der Waals surface area contributed by atoms with E-state index in [1.165, 1.54) is 32.4 Å². The minimum atomic E-state index is -0.185. The van der Waals surface area contributed by atoms with Crippen molar-refractivity contribution < 1.29 is 5.11 Å². The number of β-amino-alcohol motifs (C(OH)–C–C–N with tert-alkyl or cyclic N) is 1. The fraction of sp³-hybridized carbons (Fsp3) is 0.933. The van der Waals surface area contributed by atoms with Crippen LogP contribution in [0, 0.1) is 5.92 Å². The number of rotatable bonds is 4. The predicted octanol–water partition coefficient (Wildman–Crippen LogP) is 1.12. The lowest BCUT2D eigenvalue weighted by molar-refractivity contribution is 0.187. The average molecular weight is 408 g/mol. The zero-order valence-electron chi connectivity index (χ0n) is 13.0. The van der Waals surface area contributed by atoms with Gasteiger partial charge in [0.1, 0.15) is 0 Å². The lowest BCUT2D eigenvalue weighted by Gasteiger charge is -2.21. The fourth-order valence-corrected chi connectivity index (χ4v) is 3.36. The van der Waals surface area contributed by atoms with Gasteiger partial charge in [0, 0.05) is 38.8 Å². The van der Waals surface area contributed by atoms with Crippen molar-refractivity contribution in [2.45, 2.75) is 44.8 Å². The van der Waals surface area contributed by atoms with E-state index in [1.807, 2.05) is 0 Å². The van der Waals surface area contributed by atoms with Crippen LogP contribution in [0.1, 0.15) is 32.6 Å². The Hall–Kier alpha value is -0.0800. The van der Waals surface area contributed by atoms with Gasteiger partial charge in [-0.05, 0) is 45.1 Å². The van der Waals surface area contributed by atoms with Crippen molar-refractivity contribution in [2.24, 2.45) is 10.9 Å². The molecule has 1 aliphatic carbocycles. The first-order chi connectivity index (χ1) is 9.76. The van der Waals surface area contributed by atoms with Gasteiger partial charge in [0.25, 0.3) is 0 Å². The number of aliphatic hydroxyl groups is 1. The predicted molar refractivity (Wildman–Crippen MR) is 96.3 cm³/mol. The van der Waals surface area contributed by atoms with Crippen molar-refractivity contribution in [1.29, 1.82) is 0 Å². The van der Waals surface area contributed by atoms with E-state index in [1.54, 1.807) is 0 Å². The molecule has 2 N–H and O–H groups in total. The summed E-state index contributed by atoms with van der Waals surface area (Å²) in [4.78, 5) is 9.66. The first-order valence-corrected chi connectivity index (χ1v) is 8.21. The maximum Gasteiger partial charge on any atom is 0.194 e. The molecule has 0 spiro atoms. The molecular weight excluding hydrogens is 379 g/mol. The Kier molecular flexibility index (Phi) is 6.55. The van der Waals surface area contributed by atoms with Crippen LogP contribution in [0.15, 0.2) is 4.99 Å². The molecule has 0 aromatic carbocycles. The highest BCUT2D eigenvalue weighted by atomic mass is 127. The summed E-state index contributed by atoms with van der Waals surface area (Å²) >= 11 is 0. The minimum Gasteiger partial charge on any atom is -0.391 e. The van der Waals surface area contributed by atoms with Gasteiger partial charge in [0.2, 0.25) is 0 Å². The van der Waals surface area contributed by atoms with Gasteiger partial charge in [-0.3, -0.25) is 4.99 Å². The van der Waals surface area contributed by atoms with Crippen LogP contribution in [-0.2, 0) is 0 Å². The Morgan fingerprint density at radius 2 is 2.00 bits per heavy atom. The number of hydrogen-bond acceptors (Lipinski definition) is 3. The summed E-state index contributed by atoms with van der Waals surface area (Å²) in [7, 11) is 0. The third-order valence-electron chi connectivity index (χ3n) is 4.68. The summed E-state index contributed by atoms with van der Waals surface area (Å²) in [6.45, 7) is 8.07. The molecule has 2 aliphatic heterocycles. The second-order valence-electron chi connectivity index (χ2n) is 6.46. The number of aliphatic hydroxyl groups excluding tert-OH is 1. The Morgan fingerprint density at radius 1 is 1.19 bits per heavy atom. The minimum absolute atomic E-state index is 0. The highest BCUT2D eigenvalue weighted by Gasteiger charge is 2.34. The van der Waals surface area contributed by atoms with Crippen LogP contribution in [0.4, 0.5) is 0 Å². The standard InChI is InChI=1S/C15H28N4O.HI/c1-2-16-15(19-8-6-14(20)11-19)17-9-12-5-7-18(10-12)13-3-4-13;/h12-14,20H,2-11H2,1H3,(H,16,17);1H/t12?,14-;/m1./s1. The number of nitrogens with zero attached hydrogens (tertiary/aromatic N) is 3. The first kappa shape index (κ1) is 17.3. The van der Waals surface area contributed by atoms with Crippen LogP contribution in [0.5, 0.6) is 0 Å². The molecule has 2 atom stereocenters. The topological polar surface area (TPSA) is 51.1 Å². The van der Waals surface area contributed by atoms with Gasteiger partial charge in [-0.1, -0.05) is 0 Å². The Bertz CT molecular complexity index is 362. The second kappa shape index (κ2) is 7.97. The van der Waals surface area contributed by atoms with Gasteiger partial charge in [-0.2, -0.15) is 0 Å². The Labute approximate surface area is 145 Å². The van der Waals surface area contributed by atoms with Crippen molar-refractivity contribution in [1.82, 2.24) is 15.1 Å². The van der Waals surface area contributed by atoms with Gasteiger partial charge in [-0.25, -0.2) is 0 Å². The molecule has 6 heteroatoms. The maximum atomic E-state index is 9.67. The first-order valence-electron chi connectivity index (χ1n) is 8.21. The molecule has 1 unspecified atom stereocenters. The highest BCUT2D eigenvalue weighted by Crippen LogP contribution is 2.31. The SMILES string of the molecule is CCNC(=NCC1CCN(C2CC2)C1)N1CC[C@@H](O)C1.I. The van der Waals surface area contributed by atoms with E-state index in [2.05, 4.69) is 22.0 Å². The summed E-state index contributed by atoms with van der Waals surface area (Å²) in [5.74, 6) is 1.71. The van der Waals surface area contributed by atoms with Crippen LogP contribution in [0.25, 0.3) is 0 Å². The third kappa shape index (κ3) is 4.69. The zero-order chi connectivity index (χ0) is 13.9. The van der Waals surface area contributed by atoms with Crippen molar-refractivity contribution in [2.75, 3.05) is 39.3 Å². The molecule has 2 saturated heterocycles. The lowest BCUT2D eigenvalue weighted by atomic mass is 10.1. The molecule has 3 aliphatic rings. The van der Waals surface area contributed by atoms with E-state index in [4.69, 9.17) is 4.99 Å². The van der Waals surface area contributed by atoms with Gasteiger partial charge in [0.05, 0.1) is 6.10 Å². The molecule has 2 heterocycles. The highest BCUT2D eigenvalue weighted by molar-refractivity contribution is 14.0. The summed E-state index contributed by atoms with van der Waals surface area (Å²) in [6, 6.07) is 0.894. The molecule has 0 aromatic rings. The number of hydrogen-bond donors (Lipinski definition) is 2. The van der Waals surface area contributed by atoms with Crippen LogP contribution < -0.4 is 5.32 Å². The Balaban J connectivity index is 0.00000161. The molecule has 0 bridgehead atoms. The summed E-state index contributed by atoms with van der Waals surface area (Å²) in [6.07, 6.45) is 4.79. The number of aliphatic imine (C=N–C) groups is 1.